The molecule has 16 heavy (non-hydrogen) atoms. The van der Waals surface area contributed by atoms with Crippen LogP contribution in [0.3, 0.4) is 0 Å². The van der Waals surface area contributed by atoms with Crippen LogP contribution in [0.5, 0.6) is 0 Å². The molecule has 0 heterocycles. The number of hydrogen-bond donors (Lipinski definition) is 0. The van der Waals surface area contributed by atoms with Gasteiger partial charge in [0.2, 0.25) is 0 Å². The average Bonchev–Trinajstić information content (AvgIpc) is 2.56. The van der Waals surface area contributed by atoms with E-state index in [9.17, 15) is 0 Å². The van der Waals surface area contributed by atoms with E-state index >= 15 is 0 Å². The van der Waals surface area contributed by atoms with Crippen molar-refractivity contribution in [3.8, 4) is 0 Å². The van der Waals surface area contributed by atoms with Crippen LogP contribution < -0.4 is 0 Å². The van der Waals surface area contributed by atoms with Crippen LogP contribution in [-0.2, 0) is 0 Å². The fraction of sp³-hybridized carbons (Fsp3) is 1.00. The van der Waals surface area contributed by atoms with Gasteiger partial charge in [0.25, 0.3) is 0 Å². The first kappa shape index (κ1) is 19.8. The maximum Gasteiger partial charge on any atom is 0 e. The maximum atomic E-state index is 1.62. The topological polar surface area (TPSA) is 0 Å². The van der Waals surface area contributed by atoms with E-state index in [4.69, 9.17) is 0 Å². The quantitative estimate of drug-likeness (QED) is 0.634. The van der Waals surface area contributed by atoms with Crippen molar-refractivity contribution in [1.29, 1.82) is 0 Å². The summed E-state index contributed by atoms with van der Waals surface area (Å²) in [6.07, 6.45) is 14.1. The second-order valence-electron chi connectivity index (χ2n) is 5.65. The van der Waals surface area contributed by atoms with Crippen molar-refractivity contribution in [1.82, 2.24) is 0 Å². The molecule has 4 atom stereocenters. The first-order valence-corrected chi connectivity index (χ1v) is 6.45. The van der Waals surface area contributed by atoms with Crippen molar-refractivity contribution in [2.75, 3.05) is 0 Å². The van der Waals surface area contributed by atoms with Crippen LogP contribution in [0.1, 0.15) is 57.8 Å². The van der Waals surface area contributed by atoms with E-state index in [2.05, 4.69) is 0 Å². The molecular formula is C13H22Ar3. The fourth-order valence-electron chi connectivity index (χ4n) is 4.57. The Morgan fingerprint density at radius 3 is 1.31 bits per heavy atom. The molecule has 3 rings (SSSR count). The summed E-state index contributed by atoms with van der Waals surface area (Å²) < 4.78 is 0. The molecule has 3 aliphatic carbocycles. The molecule has 0 aromatic rings. The smallest absolute Gasteiger partial charge is 0 e. The third kappa shape index (κ3) is 4.39. The van der Waals surface area contributed by atoms with E-state index in [1.165, 1.54) is 23.7 Å². The van der Waals surface area contributed by atoms with Gasteiger partial charge >= 0.3 is 0 Å². The molecule has 3 aliphatic rings. The molecule has 4 unspecified atom stereocenters. The minimum Gasteiger partial charge on any atom is -0.0530 e. The Kier molecular flexibility index (Phi) is 12.0. The fourth-order valence-corrected chi connectivity index (χ4v) is 4.57. The van der Waals surface area contributed by atoms with Crippen molar-refractivity contribution in [2.45, 2.75) is 57.8 Å². The van der Waals surface area contributed by atoms with Gasteiger partial charge in [-0.05, 0) is 42.9 Å². The van der Waals surface area contributed by atoms with Crippen LogP contribution in [0.4, 0.5) is 0 Å². The van der Waals surface area contributed by atoms with Crippen molar-refractivity contribution in [2.24, 2.45) is 23.7 Å². The summed E-state index contributed by atoms with van der Waals surface area (Å²) in [5.74, 6) is 4.70. The van der Waals surface area contributed by atoms with Gasteiger partial charge in [0.05, 0.1) is 0 Å². The zero-order valence-corrected chi connectivity index (χ0v) is 11.9. The Bertz CT molecular complexity index is 176. The monoisotopic (exact) mass is 298 g/mol. The number of hydrogen-bond acceptors (Lipinski definition) is 0. The minimum absolute atomic E-state index is 0. The van der Waals surface area contributed by atoms with Gasteiger partial charge in [-0.3, -0.25) is 0 Å². The molecule has 3 fully saturated rings. The normalized spacial score (nSPS) is 40.5. The SMILES string of the molecule is C1CCC2C(C1)CC1CCCCC12.[Ar].[Ar].[Ar]. The van der Waals surface area contributed by atoms with Gasteiger partial charge in [-0.1, -0.05) is 38.5 Å². The Labute approximate surface area is 190 Å². The van der Waals surface area contributed by atoms with E-state index in [1.807, 2.05) is 0 Å². The maximum absolute atomic E-state index is 1.62. The first-order valence-electron chi connectivity index (χ1n) is 6.45. The van der Waals surface area contributed by atoms with Gasteiger partial charge in [-0.25, -0.2) is 0 Å². The molecule has 0 bridgehead atoms. The van der Waals surface area contributed by atoms with Crippen molar-refractivity contribution in [3.63, 3.8) is 0 Å². The first-order chi connectivity index (χ1) is 6.45. The van der Waals surface area contributed by atoms with Gasteiger partial charge in [-0.2, -0.15) is 0 Å². The third-order valence-electron chi connectivity index (χ3n) is 5.09. The van der Waals surface area contributed by atoms with E-state index < -0.39 is 0 Å². The Balaban J connectivity index is 0.000000750. The molecule has 98 valence electrons. The van der Waals surface area contributed by atoms with Crippen LogP contribution in [0.2, 0.25) is 0 Å². The van der Waals surface area contributed by atoms with E-state index in [0.29, 0.717) is 0 Å². The molecule has 0 aromatic heterocycles. The summed E-state index contributed by atoms with van der Waals surface area (Å²) in [5.41, 5.74) is 0. The largest absolute Gasteiger partial charge is 0.0530 e. The van der Waals surface area contributed by atoms with Crippen LogP contribution in [0, 0.1) is 137 Å². The molecule has 0 nitrogen and oxygen atoms in total. The van der Waals surface area contributed by atoms with E-state index in [0.717, 1.165) is 0 Å². The van der Waals surface area contributed by atoms with Crippen LogP contribution in [-0.4, -0.2) is 0 Å². The molecule has 0 aliphatic heterocycles. The molecule has 0 amide bonds. The molecule has 0 radical (unpaired) electrons. The van der Waals surface area contributed by atoms with Gasteiger partial charge in [0.15, 0.2) is 0 Å². The summed E-state index contributed by atoms with van der Waals surface area (Å²) >= 11 is 0. The number of rotatable bonds is 0. The zero-order chi connectivity index (χ0) is 8.67. The average molecular weight is 298 g/mol. The molecule has 0 spiro atoms. The predicted octanol–water partition coefficient (Wildman–Crippen LogP) is 4.00. The predicted molar refractivity (Wildman–Crippen MR) is 55.5 cm³/mol. The van der Waals surface area contributed by atoms with Crippen molar-refractivity contribution in [3.05, 3.63) is 0 Å². The Morgan fingerprint density at radius 1 is 0.500 bits per heavy atom. The molecule has 0 aromatic carbocycles. The molecule has 3 heteroatoms. The van der Waals surface area contributed by atoms with Crippen LogP contribution in [0.15, 0.2) is 0 Å². The summed E-state index contributed by atoms with van der Waals surface area (Å²) in [6, 6.07) is 0. The molecule has 0 N–H and O–H groups in total. The van der Waals surface area contributed by atoms with Crippen LogP contribution in [0.25, 0.3) is 0 Å². The Morgan fingerprint density at radius 2 is 0.875 bits per heavy atom. The Hall–Kier alpha value is 3.78. The summed E-state index contributed by atoms with van der Waals surface area (Å²) in [4.78, 5) is 0. The minimum atomic E-state index is 0. The van der Waals surface area contributed by atoms with E-state index in [-0.39, 0.29) is 113 Å². The van der Waals surface area contributed by atoms with Crippen molar-refractivity contribution >= 4 is 0 Å². The molecule has 0 saturated heterocycles. The van der Waals surface area contributed by atoms with E-state index in [1.54, 1.807) is 57.8 Å². The van der Waals surface area contributed by atoms with Crippen molar-refractivity contribution < 1.29 is 113 Å². The molecule has 3 saturated carbocycles. The van der Waals surface area contributed by atoms with Gasteiger partial charge in [-0.15, -0.1) is 0 Å². The summed E-state index contributed by atoms with van der Waals surface area (Å²) in [5, 5.41) is 0. The summed E-state index contributed by atoms with van der Waals surface area (Å²) in [6.45, 7) is 0. The van der Waals surface area contributed by atoms with Crippen LogP contribution >= 0.6 is 0 Å². The standard InChI is InChI=1S/C13H22.3Ar/c1-3-7-12-10(5-1)9-11-6-2-4-8-13(11)12;;;/h10-13H,1-9H2;;;. The summed E-state index contributed by atoms with van der Waals surface area (Å²) in [7, 11) is 0. The second kappa shape index (κ2) is 9.67. The molecular weight excluding hydrogens is 276 g/mol. The zero-order valence-electron chi connectivity index (χ0n) is 9.73. The van der Waals surface area contributed by atoms with Gasteiger partial charge in [0.1, 0.15) is 0 Å². The number of fused-ring (bicyclic) bond motifs is 3. The third-order valence-corrected chi connectivity index (χ3v) is 5.09. The van der Waals surface area contributed by atoms with Gasteiger partial charge < -0.3 is 0 Å². The second-order valence-corrected chi connectivity index (χ2v) is 5.65. The van der Waals surface area contributed by atoms with Gasteiger partial charge in [0, 0.05) is 113 Å².